The zero-order valence-electron chi connectivity index (χ0n) is 5.62. The van der Waals surface area contributed by atoms with Crippen LogP contribution in [0.25, 0.3) is 0 Å². The Labute approximate surface area is 58.1 Å². The maximum Gasteiger partial charge on any atom is 0.366 e. The van der Waals surface area contributed by atoms with Gasteiger partial charge in [-0.3, -0.25) is 0 Å². The van der Waals surface area contributed by atoms with Crippen molar-refractivity contribution >= 4 is 5.97 Å². The van der Waals surface area contributed by atoms with Crippen LogP contribution in [0.1, 0.15) is 6.92 Å². The first-order valence-corrected chi connectivity index (χ1v) is 3.20. The van der Waals surface area contributed by atoms with Crippen LogP contribution in [-0.2, 0) is 19.0 Å². The molecule has 0 aromatic heterocycles. The normalized spacial score (nSPS) is 45.3. The van der Waals surface area contributed by atoms with Crippen molar-refractivity contribution in [3.63, 3.8) is 0 Å². The van der Waals surface area contributed by atoms with Crippen LogP contribution in [0.5, 0.6) is 0 Å². The van der Waals surface area contributed by atoms with Crippen LogP contribution >= 0.6 is 0 Å². The van der Waals surface area contributed by atoms with E-state index in [2.05, 4.69) is 0 Å². The molecule has 3 saturated heterocycles. The van der Waals surface area contributed by atoms with Crippen molar-refractivity contribution in [2.45, 2.75) is 18.8 Å². The van der Waals surface area contributed by atoms with Gasteiger partial charge < -0.3 is 14.2 Å². The van der Waals surface area contributed by atoms with Gasteiger partial charge in [0.15, 0.2) is 0 Å². The van der Waals surface area contributed by atoms with Crippen molar-refractivity contribution in [2.24, 2.45) is 0 Å². The van der Waals surface area contributed by atoms with E-state index in [1.54, 1.807) is 6.92 Å². The molecule has 0 aliphatic carbocycles. The predicted molar refractivity (Wildman–Crippen MR) is 30.2 cm³/mol. The summed E-state index contributed by atoms with van der Waals surface area (Å²) in [7, 11) is 0. The SMILES string of the molecule is C[C@]12OC[C@@H](CO1)OC2=O. The van der Waals surface area contributed by atoms with Gasteiger partial charge in [-0.1, -0.05) is 0 Å². The first kappa shape index (κ1) is 6.12. The highest BCUT2D eigenvalue weighted by Crippen LogP contribution is 2.27. The molecule has 3 aliphatic rings. The number of fused-ring (bicyclic) bond motifs is 3. The second-order valence-corrected chi connectivity index (χ2v) is 2.60. The van der Waals surface area contributed by atoms with Crippen LogP contribution in [-0.4, -0.2) is 31.1 Å². The van der Waals surface area contributed by atoms with Gasteiger partial charge in [-0.2, -0.15) is 0 Å². The molecule has 3 aliphatic heterocycles. The summed E-state index contributed by atoms with van der Waals surface area (Å²) in [6, 6.07) is 0. The summed E-state index contributed by atoms with van der Waals surface area (Å²) in [6.45, 7) is 2.50. The predicted octanol–water partition coefficient (Wildman–Crippen LogP) is -0.325. The van der Waals surface area contributed by atoms with Gasteiger partial charge in [-0.25, -0.2) is 4.79 Å². The fraction of sp³-hybridized carbons (Fsp3) is 0.833. The smallest absolute Gasteiger partial charge is 0.366 e. The second-order valence-electron chi connectivity index (χ2n) is 2.60. The van der Waals surface area contributed by atoms with E-state index in [0.29, 0.717) is 13.2 Å². The lowest BCUT2D eigenvalue weighted by Crippen LogP contribution is -2.58. The summed E-state index contributed by atoms with van der Waals surface area (Å²) in [4.78, 5) is 10.9. The molecule has 4 nitrogen and oxygen atoms in total. The van der Waals surface area contributed by atoms with Gasteiger partial charge in [0.2, 0.25) is 0 Å². The molecule has 3 rings (SSSR count). The van der Waals surface area contributed by atoms with Gasteiger partial charge in [-0.05, 0) is 0 Å². The molecular weight excluding hydrogens is 136 g/mol. The minimum Gasteiger partial charge on any atom is -0.453 e. The van der Waals surface area contributed by atoms with Crippen molar-refractivity contribution in [1.29, 1.82) is 0 Å². The topological polar surface area (TPSA) is 44.8 Å². The number of rotatable bonds is 0. The second kappa shape index (κ2) is 1.71. The minimum absolute atomic E-state index is 0.186. The van der Waals surface area contributed by atoms with Gasteiger partial charge in [-0.15, -0.1) is 0 Å². The van der Waals surface area contributed by atoms with Crippen LogP contribution < -0.4 is 0 Å². The van der Waals surface area contributed by atoms with Gasteiger partial charge >= 0.3 is 5.97 Å². The number of carbonyl (C=O) groups excluding carboxylic acids is 1. The fourth-order valence-corrected chi connectivity index (χ4v) is 1.04. The molecule has 4 heteroatoms. The average molecular weight is 144 g/mol. The average Bonchev–Trinajstić information content (AvgIpc) is 1.92. The van der Waals surface area contributed by atoms with Crippen LogP contribution in [0.15, 0.2) is 0 Å². The third kappa shape index (κ3) is 0.660. The molecule has 10 heavy (non-hydrogen) atoms. The molecular formula is C6H8O4. The van der Waals surface area contributed by atoms with Gasteiger partial charge in [0.25, 0.3) is 5.79 Å². The first-order valence-electron chi connectivity index (χ1n) is 3.20. The summed E-state index contributed by atoms with van der Waals surface area (Å²) in [5, 5.41) is 0. The Bertz CT molecular complexity index is 169. The Morgan fingerprint density at radius 3 is 2.40 bits per heavy atom. The Morgan fingerprint density at radius 1 is 1.50 bits per heavy atom. The van der Waals surface area contributed by atoms with Crippen molar-refractivity contribution in [3.05, 3.63) is 0 Å². The van der Waals surface area contributed by atoms with Crippen LogP contribution in [0.2, 0.25) is 0 Å². The summed E-state index contributed by atoms with van der Waals surface area (Å²) >= 11 is 0. The van der Waals surface area contributed by atoms with E-state index in [0.717, 1.165) is 0 Å². The molecule has 2 bridgehead atoms. The summed E-state index contributed by atoms with van der Waals surface area (Å²) in [6.07, 6.45) is -0.186. The Morgan fingerprint density at radius 2 is 2.10 bits per heavy atom. The van der Waals surface area contributed by atoms with Gasteiger partial charge in [0.05, 0.1) is 13.2 Å². The molecule has 3 heterocycles. The molecule has 3 fully saturated rings. The standard InChI is InChI=1S/C6H8O4/c1-6-5(7)10-4(2-8-6)3-9-6/h4H,2-3H2,1H3/t4-,6-. The highest BCUT2D eigenvalue weighted by molar-refractivity contribution is 5.78. The fourth-order valence-electron chi connectivity index (χ4n) is 1.04. The number of ether oxygens (including phenoxy) is 3. The molecule has 0 N–H and O–H groups in total. The van der Waals surface area contributed by atoms with Crippen molar-refractivity contribution < 1.29 is 19.0 Å². The monoisotopic (exact) mass is 144 g/mol. The zero-order valence-corrected chi connectivity index (χ0v) is 5.62. The van der Waals surface area contributed by atoms with Crippen LogP contribution in [0, 0.1) is 0 Å². The Hall–Kier alpha value is -0.610. The van der Waals surface area contributed by atoms with E-state index in [4.69, 9.17) is 14.2 Å². The summed E-state index contributed by atoms with van der Waals surface area (Å²) in [5.41, 5.74) is 0. The molecule has 0 aromatic carbocycles. The molecule has 0 atom stereocenters. The molecule has 0 spiro atoms. The maximum absolute atomic E-state index is 10.9. The van der Waals surface area contributed by atoms with Gasteiger partial charge in [0, 0.05) is 6.92 Å². The summed E-state index contributed by atoms with van der Waals surface area (Å²) in [5.74, 6) is -1.52. The largest absolute Gasteiger partial charge is 0.453 e. The van der Waals surface area contributed by atoms with Gasteiger partial charge in [0.1, 0.15) is 6.10 Å². The third-order valence-electron chi connectivity index (χ3n) is 1.73. The third-order valence-corrected chi connectivity index (χ3v) is 1.73. The quantitative estimate of drug-likeness (QED) is 0.437. The lowest BCUT2D eigenvalue weighted by atomic mass is 10.2. The highest BCUT2D eigenvalue weighted by Gasteiger charge is 2.48. The minimum atomic E-state index is -1.12. The molecule has 0 aromatic rings. The van der Waals surface area contributed by atoms with E-state index in [1.807, 2.05) is 0 Å². The van der Waals surface area contributed by atoms with E-state index >= 15 is 0 Å². The van der Waals surface area contributed by atoms with Crippen molar-refractivity contribution in [2.75, 3.05) is 13.2 Å². The van der Waals surface area contributed by atoms with Crippen LogP contribution in [0.4, 0.5) is 0 Å². The Kier molecular flexibility index (Phi) is 1.04. The molecule has 0 radical (unpaired) electrons. The molecule has 0 unspecified atom stereocenters. The molecule has 56 valence electrons. The van der Waals surface area contributed by atoms with Crippen LogP contribution in [0.3, 0.4) is 0 Å². The number of hydrogen-bond donors (Lipinski definition) is 0. The van der Waals surface area contributed by atoms with Crippen molar-refractivity contribution in [1.82, 2.24) is 0 Å². The summed E-state index contributed by atoms with van der Waals surface area (Å²) < 4.78 is 15.1. The van der Waals surface area contributed by atoms with Crippen molar-refractivity contribution in [3.8, 4) is 0 Å². The lowest BCUT2D eigenvalue weighted by molar-refractivity contribution is -0.321. The Balaban J connectivity index is 2.25. The molecule has 0 saturated carbocycles. The lowest BCUT2D eigenvalue weighted by Gasteiger charge is -2.41. The highest BCUT2D eigenvalue weighted by atomic mass is 16.8. The number of carbonyl (C=O) groups is 1. The molecule has 0 amide bonds. The maximum atomic E-state index is 10.9. The van der Waals surface area contributed by atoms with E-state index in [9.17, 15) is 4.79 Å². The number of hydrogen-bond acceptors (Lipinski definition) is 4. The number of esters is 1. The zero-order chi connectivity index (χ0) is 7.19. The first-order chi connectivity index (χ1) is 4.71. The van der Waals surface area contributed by atoms with E-state index in [1.165, 1.54) is 0 Å². The van der Waals surface area contributed by atoms with E-state index in [-0.39, 0.29) is 6.10 Å². The van der Waals surface area contributed by atoms with E-state index < -0.39 is 11.8 Å².